The molecule has 28 heavy (non-hydrogen) atoms. The molecule has 1 atom stereocenters. The summed E-state index contributed by atoms with van der Waals surface area (Å²) in [6, 6.07) is 5.44. The molecule has 9 heteroatoms. The molecule has 2 aliphatic rings. The standard InChI is InChI=1S/C19H26N4O3S2/c1-2-23-17-8-7-15(28(25,26)22-10-4-3-5-11-22)12-16(17)21-19(23)27-13-14-6-9-18(24)20-14/h7-8,12,14H,2-6,9-11,13H2,1H3,(H,20,24)/t14-/m0/s1. The minimum absolute atomic E-state index is 0.113. The second kappa shape index (κ2) is 8.04. The molecular weight excluding hydrogens is 396 g/mol. The lowest BCUT2D eigenvalue weighted by Gasteiger charge is -2.25. The third kappa shape index (κ3) is 3.79. The molecule has 0 unspecified atom stereocenters. The molecule has 2 saturated heterocycles. The average molecular weight is 423 g/mol. The van der Waals surface area contributed by atoms with Gasteiger partial charge in [0.1, 0.15) is 0 Å². The highest BCUT2D eigenvalue weighted by Gasteiger charge is 2.27. The molecule has 0 spiro atoms. The first-order chi connectivity index (χ1) is 13.5. The average Bonchev–Trinajstić information content (AvgIpc) is 3.28. The maximum absolute atomic E-state index is 13.0. The molecule has 2 aliphatic heterocycles. The first-order valence-corrected chi connectivity index (χ1v) is 12.3. The number of aryl methyl sites for hydroxylation is 1. The summed E-state index contributed by atoms with van der Waals surface area (Å²) in [4.78, 5) is 16.4. The maximum Gasteiger partial charge on any atom is 0.243 e. The van der Waals surface area contributed by atoms with Crippen molar-refractivity contribution in [3.63, 3.8) is 0 Å². The lowest BCUT2D eigenvalue weighted by Crippen LogP contribution is -2.35. The second-order valence-corrected chi connectivity index (χ2v) is 10.3. The Kier molecular flexibility index (Phi) is 5.66. The number of carbonyl (C=O) groups is 1. The molecule has 1 amide bonds. The summed E-state index contributed by atoms with van der Waals surface area (Å²) in [7, 11) is -3.47. The number of thioether (sulfide) groups is 1. The van der Waals surface area contributed by atoms with Crippen molar-refractivity contribution in [2.24, 2.45) is 0 Å². The smallest absolute Gasteiger partial charge is 0.243 e. The van der Waals surface area contributed by atoms with E-state index in [9.17, 15) is 13.2 Å². The Morgan fingerprint density at radius 2 is 2.04 bits per heavy atom. The van der Waals surface area contributed by atoms with Crippen LogP contribution in [-0.4, -0.2) is 53.1 Å². The number of hydrogen-bond acceptors (Lipinski definition) is 5. The first-order valence-electron chi connectivity index (χ1n) is 9.91. The fourth-order valence-corrected chi connectivity index (χ4v) is 6.58. The summed E-state index contributed by atoms with van der Waals surface area (Å²) in [5.41, 5.74) is 1.65. The molecule has 0 radical (unpaired) electrons. The largest absolute Gasteiger partial charge is 0.353 e. The van der Waals surface area contributed by atoms with E-state index in [0.717, 1.165) is 48.7 Å². The van der Waals surface area contributed by atoms with Crippen molar-refractivity contribution in [3.8, 4) is 0 Å². The van der Waals surface area contributed by atoms with Crippen LogP contribution in [0.25, 0.3) is 11.0 Å². The number of piperidine rings is 1. The number of benzene rings is 1. The minimum atomic E-state index is -3.47. The van der Waals surface area contributed by atoms with Gasteiger partial charge in [0, 0.05) is 37.8 Å². The zero-order valence-electron chi connectivity index (χ0n) is 16.1. The van der Waals surface area contributed by atoms with Crippen molar-refractivity contribution < 1.29 is 13.2 Å². The van der Waals surface area contributed by atoms with Crippen LogP contribution in [0.2, 0.25) is 0 Å². The molecule has 1 N–H and O–H groups in total. The van der Waals surface area contributed by atoms with Crippen molar-refractivity contribution in [2.75, 3.05) is 18.8 Å². The van der Waals surface area contributed by atoms with Crippen molar-refractivity contribution in [1.82, 2.24) is 19.2 Å². The number of nitrogens with zero attached hydrogens (tertiary/aromatic N) is 3. The van der Waals surface area contributed by atoms with E-state index in [-0.39, 0.29) is 11.9 Å². The number of fused-ring (bicyclic) bond motifs is 1. The van der Waals surface area contributed by atoms with Gasteiger partial charge in [0.25, 0.3) is 0 Å². The van der Waals surface area contributed by atoms with Crippen LogP contribution in [-0.2, 0) is 21.4 Å². The number of sulfonamides is 1. The normalized spacial score (nSPS) is 21.3. The van der Waals surface area contributed by atoms with E-state index in [1.54, 1.807) is 28.2 Å². The van der Waals surface area contributed by atoms with Crippen LogP contribution >= 0.6 is 11.8 Å². The van der Waals surface area contributed by atoms with E-state index in [1.165, 1.54) is 0 Å². The van der Waals surface area contributed by atoms with Gasteiger partial charge in [-0.3, -0.25) is 4.79 Å². The van der Waals surface area contributed by atoms with E-state index >= 15 is 0 Å². The van der Waals surface area contributed by atoms with Gasteiger partial charge in [0.2, 0.25) is 15.9 Å². The van der Waals surface area contributed by atoms with Crippen molar-refractivity contribution in [2.45, 2.75) is 61.7 Å². The quantitative estimate of drug-likeness (QED) is 0.724. The second-order valence-electron chi connectivity index (χ2n) is 7.37. The monoisotopic (exact) mass is 422 g/mol. The van der Waals surface area contributed by atoms with Gasteiger partial charge in [0.15, 0.2) is 5.16 Å². The number of amides is 1. The third-order valence-corrected chi connectivity index (χ3v) is 8.49. The molecule has 1 aromatic heterocycles. The fraction of sp³-hybridized carbons (Fsp3) is 0.579. The van der Waals surface area contributed by atoms with Crippen LogP contribution in [0.4, 0.5) is 0 Å². The molecule has 4 rings (SSSR count). The van der Waals surface area contributed by atoms with E-state index in [0.29, 0.717) is 29.9 Å². The third-order valence-electron chi connectivity index (χ3n) is 5.45. The summed E-state index contributed by atoms with van der Waals surface area (Å²) in [6.45, 7) is 4.00. The zero-order chi connectivity index (χ0) is 19.7. The minimum Gasteiger partial charge on any atom is -0.353 e. The Morgan fingerprint density at radius 1 is 1.25 bits per heavy atom. The van der Waals surface area contributed by atoms with Gasteiger partial charge < -0.3 is 9.88 Å². The van der Waals surface area contributed by atoms with Crippen LogP contribution in [0, 0.1) is 0 Å². The number of carbonyl (C=O) groups excluding carboxylic acids is 1. The van der Waals surface area contributed by atoms with Gasteiger partial charge in [-0.2, -0.15) is 4.31 Å². The highest BCUT2D eigenvalue weighted by atomic mass is 32.2. The van der Waals surface area contributed by atoms with Crippen molar-refractivity contribution in [1.29, 1.82) is 0 Å². The van der Waals surface area contributed by atoms with Gasteiger partial charge in [-0.25, -0.2) is 13.4 Å². The van der Waals surface area contributed by atoms with E-state index in [2.05, 4.69) is 16.8 Å². The van der Waals surface area contributed by atoms with Gasteiger partial charge in [-0.05, 0) is 44.4 Å². The SMILES string of the molecule is CCn1c(SC[C@@H]2CCC(=O)N2)nc2cc(S(=O)(=O)N3CCCCC3)ccc21. The molecule has 0 saturated carbocycles. The van der Waals surface area contributed by atoms with Crippen molar-refractivity contribution >= 4 is 38.7 Å². The van der Waals surface area contributed by atoms with Gasteiger partial charge in [-0.1, -0.05) is 18.2 Å². The van der Waals surface area contributed by atoms with E-state index in [4.69, 9.17) is 4.98 Å². The number of hydrogen-bond donors (Lipinski definition) is 1. The lowest BCUT2D eigenvalue weighted by atomic mass is 10.2. The van der Waals surface area contributed by atoms with Gasteiger partial charge >= 0.3 is 0 Å². The number of aromatic nitrogens is 2. The number of rotatable bonds is 6. The van der Waals surface area contributed by atoms with Gasteiger partial charge in [0.05, 0.1) is 15.9 Å². The van der Waals surface area contributed by atoms with Crippen molar-refractivity contribution in [3.05, 3.63) is 18.2 Å². The summed E-state index contributed by atoms with van der Waals surface area (Å²) >= 11 is 1.62. The molecule has 0 aliphatic carbocycles. The summed E-state index contributed by atoms with van der Waals surface area (Å²) in [6.07, 6.45) is 4.38. The molecule has 152 valence electrons. The Morgan fingerprint density at radius 3 is 2.71 bits per heavy atom. The van der Waals surface area contributed by atoms with E-state index < -0.39 is 10.0 Å². The molecule has 1 aromatic carbocycles. The molecular formula is C19H26N4O3S2. The molecule has 2 aromatic rings. The Hall–Kier alpha value is -1.58. The predicted octanol–water partition coefficient (Wildman–Crippen LogP) is 2.60. The zero-order valence-corrected chi connectivity index (χ0v) is 17.7. The Labute approximate surface area is 169 Å². The number of nitrogens with one attached hydrogen (secondary N) is 1. The summed E-state index contributed by atoms with van der Waals surface area (Å²) in [5, 5.41) is 3.85. The molecule has 0 bridgehead atoms. The summed E-state index contributed by atoms with van der Waals surface area (Å²) < 4.78 is 29.6. The van der Waals surface area contributed by atoms with Crippen LogP contribution in [0.1, 0.15) is 39.0 Å². The van der Waals surface area contributed by atoms with E-state index in [1.807, 2.05) is 6.07 Å². The van der Waals surface area contributed by atoms with Gasteiger partial charge in [-0.15, -0.1) is 0 Å². The fourth-order valence-electron chi connectivity index (χ4n) is 3.90. The molecule has 3 heterocycles. The maximum atomic E-state index is 13.0. The lowest BCUT2D eigenvalue weighted by molar-refractivity contribution is -0.119. The predicted molar refractivity (Wildman–Crippen MR) is 110 cm³/mol. The Balaban J connectivity index is 1.59. The Bertz CT molecular complexity index is 980. The number of imidazole rings is 1. The first kappa shape index (κ1) is 19.7. The topological polar surface area (TPSA) is 84.3 Å². The van der Waals surface area contributed by atoms with Crippen LogP contribution in [0.3, 0.4) is 0 Å². The van der Waals surface area contributed by atoms with Crippen LogP contribution in [0.5, 0.6) is 0 Å². The van der Waals surface area contributed by atoms with Crippen LogP contribution < -0.4 is 5.32 Å². The summed E-state index contributed by atoms with van der Waals surface area (Å²) in [5.74, 6) is 0.885. The highest BCUT2D eigenvalue weighted by Crippen LogP contribution is 2.29. The molecule has 2 fully saturated rings. The van der Waals surface area contributed by atoms with Crippen LogP contribution in [0.15, 0.2) is 28.3 Å². The molecule has 7 nitrogen and oxygen atoms in total. The highest BCUT2D eigenvalue weighted by molar-refractivity contribution is 7.99.